The van der Waals surface area contributed by atoms with Crippen LogP contribution in [0.1, 0.15) is 27.2 Å². The van der Waals surface area contributed by atoms with Gasteiger partial charge in [0.15, 0.2) is 0 Å². The number of benzene rings is 1. The summed E-state index contributed by atoms with van der Waals surface area (Å²) in [6, 6.07) is 5.81. The number of hydrogen-bond acceptors (Lipinski definition) is 4. The second-order valence-electron chi connectivity index (χ2n) is 5.01. The minimum atomic E-state index is -0.919. The van der Waals surface area contributed by atoms with Gasteiger partial charge in [-0.05, 0) is 32.4 Å². The number of para-hydroxylation sites is 2. The number of ketones is 1. The molecular formula is C16H22N2O4. The number of rotatable bonds is 8. The van der Waals surface area contributed by atoms with E-state index in [1.54, 1.807) is 24.3 Å². The Balaban J connectivity index is 2.97. The van der Waals surface area contributed by atoms with Gasteiger partial charge in [-0.3, -0.25) is 14.4 Å². The zero-order valence-corrected chi connectivity index (χ0v) is 13.3. The van der Waals surface area contributed by atoms with Gasteiger partial charge in [0.1, 0.15) is 11.8 Å². The van der Waals surface area contributed by atoms with Gasteiger partial charge in [0.25, 0.3) is 5.91 Å². The SMILES string of the molecule is CCC(C)NC(=O)C(=O)C(C)N(C=O)c1ccccc1OC. The molecule has 0 aliphatic carbocycles. The zero-order valence-electron chi connectivity index (χ0n) is 13.3. The van der Waals surface area contributed by atoms with E-state index in [0.717, 1.165) is 6.42 Å². The molecule has 0 aromatic heterocycles. The fraction of sp³-hybridized carbons (Fsp3) is 0.438. The van der Waals surface area contributed by atoms with Crippen LogP contribution >= 0.6 is 0 Å². The largest absolute Gasteiger partial charge is 0.495 e. The minimum absolute atomic E-state index is 0.0976. The third-order valence-electron chi connectivity index (χ3n) is 3.49. The summed E-state index contributed by atoms with van der Waals surface area (Å²) in [5.41, 5.74) is 0.442. The number of Topliss-reactive ketones (excluding diaryl/α,β-unsaturated/α-hetero) is 1. The van der Waals surface area contributed by atoms with E-state index in [1.165, 1.54) is 18.9 Å². The number of carbonyl (C=O) groups is 3. The second-order valence-corrected chi connectivity index (χ2v) is 5.01. The maximum absolute atomic E-state index is 12.2. The van der Waals surface area contributed by atoms with Crippen LogP contribution in [0.15, 0.2) is 24.3 Å². The number of methoxy groups -OCH3 is 1. The summed E-state index contributed by atoms with van der Waals surface area (Å²) in [5, 5.41) is 2.61. The first kappa shape index (κ1) is 17.7. The maximum atomic E-state index is 12.2. The van der Waals surface area contributed by atoms with Gasteiger partial charge in [0.2, 0.25) is 12.2 Å². The van der Waals surface area contributed by atoms with Crippen molar-refractivity contribution in [3.05, 3.63) is 24.3 Å². The number of amides is 2. The number of anilines is 1. The van der Waals surface area contributed by atoms with E-state index in [4.69, 9.17) is 4.74 Å². The van der Waals surface area contributed by atoms with E-state index < -0.39 is 17.7 Å². The van der Waals surface area contributed by atoms with Crippen molar-refractivity contribution in [1.29, 1.82) is 0 Å². The van der Waals surface area contributed by atoms with Gasteiger partial charge in [-0.2, -0.15) is 0 Å². The summed E-state index contributed by atoms with van der Waals surface area (Å²) in [4.78, 5) is 36.7. The van der Waals surface area contributed by atoms with Crippen LogP contribution < -0.4 is 15.0 Å². The first-order valence-electron chi connectivity index (χ1n) is 7.17. The topological polar surface area (TPSA) is 75.7 Å². The van der Waals surface area contributed by atoms with Crippen LogP contribution in [-0.2, 0) is 14.4 Å². The Hall–Kier alpha value is -2.37. The normalized spacial score (nSPS) is 12.9. The van der Waals surface area contributed by atoms with Crippen LogP contribution in [0, 0.1) is 0 Å². The molecule has 0 fully saturated rings. The Bertz CT molecular complexity index is 545. The lowest BCUT2D eigenvalue weighted by Crippen LogP contribution is -2.47. The molecule has 0 saturated carbocycles. The Morgan fingerprint density at radius 3 is 2.50 bits per heavy atom. The number of nitrogens with zero attached hydrogens (tertiary/aromatic N) is 1. The molecular weight excluding hydrogens is 284 g/mol. The molecule has 0 aliphatic heterocycles. The lowest BCUT2D eigenvalue weighted by Gasteiger charge is -2.25. The molecule has 0 bridgehead atoms. The van der Waals surface area contributed by atoms with Gasteiger partial charge >= 0.3 is 0 Å². The van der Waals surface area contributed by atoms with E-state index in [9.17, 15) is 14.4 Å². The molecule has 6 nitrogen and oxygen atoms in total. The summed E-state index contributed by atoms with van der Waals surface area (Å²) in [6.45, 7) is 5.23. The van der Waals surface area contributed by atoms with Crippen molar-refractivity contribution in [1.82, 2.24) is 5.32 Å². The molecule has 0 saturated heterocycles. The van der Waals surface area contributed by atoms with E-state index in [-0.39, 0.29) is 6.04 Å². The predicted molar refractivity (Wildman–Crippen MR) is 83.9 cm³/mol. The number of nitrogens with one attached hydrogen (secondary N) is 1. The molecule has 2 unspecified atom stereocenters. The first-order chi connectivity index (χ1) is 10.5. The molecule has 1 N–H and O–H groups in total. The molecule has 0 heterocycles. The van der Waals surface area contributed by atoms with Gasteiger partial charge in [-0.1, -0.05) is 19.1 Å². The van der Waals surface area contributed by atoms with Gasteiger partial charge in [-0.15, -0.1) is 0 Å². The molecule has 0 radical (unpaired) electrons. The maximum Gasteiger partial charge on any atom is 0.289 e. The van der Waals surface area contributed by atoms with Gasteiger partial charge < -0.3 is 15.0 Å². The molecule has 2 atom stereocenters. The molecule has 2 amide bonds. The predicted octanol–water partition coefficient (Wildman–Crippen LogP) is 1.53. The summed E-state index contributed by atoms with van der Waals surface area (Å²) in [7, 11) is 1.48. The van der Waals surface area contributed by atoms with E-state index in [0.29, 0.717) is 17.8 Å². The van der Waals surface area contributed by atoms with E-state index >= 15 is 0 Å². The number of hydrogen-bond donors (Lipinski definition) is 1. The molecule has 1 aromatic rings. The molecule has 1 aromatic carbocycles. The van der Waals surface area contributed by atoms with E-state index in [2.05, 4.69) is 5.32 Å². The van der Waals surface area contributed by atoms with Crippen molar-refractivity contribution in [2.24, 2.45) is 0 Å². The third-order valence-corrected chi connectivity index (χ3v) is 3.49. The van der Waals surface area contributed by atoms with Crippen molar-refractivity contribution in [3.63, 3.8) is 0 Å². The highest BCUT2D eigenvalue weighted by atomic mass is 16.5. The van der Waals surface area contributed by atoms with Crippen LogP contribution in [0.5, 0.6) is 5.75 Å². The van der Waals surface area contributed by atoms with Crippen LogP contribution in [0.3, 0.4) is 0 Å². The Morgan fingerprint density at radius 2 is 1.95 bits per heavy atom. The van der Waals surface area contributed by atoms with Crippen LogP contribution in [0.25, 0.3) is 0 Å². The van der Waals surface area contributed by atoms with Crippen molar-refractivity contribution in [2.75, 3.05) is 12.0 Å². The van der Waals surface area contributed by atoms with Gasteiger partial charge in [0, 0.05) is 6.04 Å². The Morgan fingerprint density at radius 1 is 1.32 bits per heavy atom. The second kappa shape index (κ2) is 8.17. The van der Waals surface area contributed by atoms with E-state index in [1.807, 2.05) is 13.8 Å². The Kier molecular flexibility index (Phi) is 6.56. The highest BCUT2D eigenvalue weighted by Gasteiger charge is 2.29. The molecule has 22 heavy (non-hydrogen) atoms. The zero-order chi connectivity index (χ0) is 16.7. The molecule has 0 spiro atoms. The third kappa shape index (κ3) is 4.07. The standard InChI is InChI=1S/C16H22N2O4/c1-5-11(2)17-16(21)15(20)12(3)18(10-19)13-8-6-7-9-14(13)22-4/h6-12H,5H2,1-4H3,(H,17,21). The van der Waals surface area contributed by atoms with Crippen molar-refractivity contribution >= 4 is 23.8 Å². The minimum Gasteiger partial charge on any atom is -0.495 e. The average molecular weight is 306 g/mol. The highest BCUT2D eigenvalue weighted by molar-refractivity contribution is 6.39. The lowest BCUT2D eigenvalue weighted by molar-refractivity contribution is -0.139. The number of carbonyl (C=O) groups excluding carboxylic acids is 3. The van der Waals surface area contributed by atoms with Crippen LogP contribution in [-0.4, -0.2) is 37.3 Å². The smallest absolute Gasteiger partial charge is 0.289 e. The molecule has 0 aliphatic rings. The monoisotopic (exact) mass is 306 g/mol. The molecule has 1 rings (SSSR count). The summed E-state index contributed by atoms with van der Waals surface area (Å²) in [5.74, 6) is -0.904. The first-order valence-corrected chi connectivity index (χ1v) is 7.17. The number of ether oxygens (including phenoxy) is 1. The quantitative estimate of drug-likeness (QED) is 0.584. The van der Waals surface area contributed by atoms with Gasteiger partial charge in [0.05, 0.1) is 12.8 Å². The molecule has 6 heteroatoms. The lowest BCUT2D eigenvalue weighted by atomic mass is 10.1. The van der Waals surface area contributed by atoms with Crippen LogP contribution in [0.2, 0.25) is 0 Å². The fourth-order valence-electron chi connectivity index (χ4n) is 1.91. The van der Waals surface area contributed by atoms with Crippen molar-refractivity contribution in [3.8, 4) is 5.75 Å². The summed E-state index contributed by atoms with van der Waals surface area (Å²) in [6.07, 6.45) is 1.24. The fourth-order valence-corrected chi connectivity index (χ4v) is 1.91. The summed E-state index contributed by atoms with van der Waals surface area (Å²) < 4.78 is 5.19. The van der Waals surface area contributed by atoms with Crippen LogP contribution in [0.4, 0.5) is 5.69 Å². The van der Waals surface area contributed by atoms with Gasteiger partial charge in [-0.25, -0.2) is 0 Å². The summed E-state index contributed by atoms with van der Waals surface area (Å²) >= 11 is 0. The highest BCUT2D eigenvalue weighted by Crippen LogP contribution is 2.28. The van der Waals surface area contributed by atoms with Crippen molar-refractivity contribution in [2.45, 2.75) is 39.3 Å². The molecule has 120 valence electrons. The van der Waals surface area contributed by atoms with Crippen molar-refractivity contribution < 1.29 is 19.1 Å². The average Bonchev–Trinajstić information content (AvgIpc) is 2.54. The Labute approximate surface area is 130 Å².